The Labute approximate surface area is 134 Å². The van der Waals surface area contributed by atoms with Crippen LogP contribution in [0.2, 0.25) is 0 Å². The number of hydrogen-bond acceptors (Lipinski definition) is 4. The van der Waals surface area contributed by atoms with Crippen LogP contribution in [0.5, 0.6) is 5.75 Å². The number of ketones is 1. The van der Waals surface area contributed by atoms with Gasteiger partial charge in [0.1, 0.15) is 5.75 Å². The van der Waals surface area contributed by atoms with Gasteiger partial charge in [-0.1, -0.05) is 12.1 Å². The van der Waals surface area contributed by atoms with Gasteiger partial charge < -0.3 is 15.2 Å². The van der Waals surface area contributed by atoms with Crippen LogP contribution in [-0.2, 0) is 9.59 Å². The summed E-state index contributed by atoms with van der Waals surface area (Å²) in [7, 11) is 0. The molecule has 6 heteroatoms. The molecule has 1 aromatic carbocycles. The molecule has 2 rings (SSSR count). The minimum Gasteiger partial charge on any atom is -0.481 e. The van der Waals surface area contributed by atoms with E-state index in [1.165, 1.54) is 6.92 Å². The maximum atomic E-state index is 12.3. The number of ether oxygens (including phenoxy) is 1. The van der Waals surface area contributed by atoms with Gasteiger partial charge in [-0.15, -0.1) is 0 Å². The zero-order valence-corrected chi connectivity index (χ0v) is 13.3. The lowest BCUT2D eigenvalue weighted by atomic mass is 9.74. The van der Waals surface area contributed by atoms with Crippen molar-refractivity contribution in [3.8, 4) is 5.75 Å². The largest absolute Gasteiger partial charge is 0.481 e. The minimum atomic E-state index is -0.923. The van der Waals surface area contributed by atoms with Crippen molar-refractivity contribution < 1.29 is 24.2 Å². The molecule has 0 spiro atoms. The van der Waals surface area contributed by atoms with Gasteiger partial charge in [0.15, 0.2) is 11.9 Å². The molecule has 6 nitrogen and oxygen atoms in total. The molecule has 0 aliphatic heterocycles. The van der Waals surface area contributed by atoms with Crippen molar-refractivity contribution in [2.24, 2.45) is 0 Å². The van der Waals surface area contributed by atoms with Crippen LogP contribution in [-0.4, -0.2) is 34.4 Å². The van der Waals surface area contributed by atoms with Crippen LogP contribution in [0.3, 0.4) is 0 Å². The average molecular weight is 319 g/mol. The van der Waals surface area contributed by atoms with Crippen molar-refractivity contribution >= 4 is 17.7 Å². The summed E-state index contributed by atoms with van der Waals surface area (Å²) in [5, 5.41) is 11.8. The molecule has 0 radical (unpaired) electrons. The standard InChI is InChI=1S/C17H21NO5/c1-11(19)13-5-3-6-14(9-13)23-12(2)16(22)18-17(7-4-8-17)10-15(20)21/h3,5-6,9,12H,4,7-8,10H2,1-2H3,(H,18,22)(H,20,21). The summed E-state index contributed by atoms with van der Waals surface area (Å²) >= 11 is 0. The van der Waals surface area contributed by atoms with Gasteiger partial charge in [0.2, 0.25) is 0 Å². The molecule has 2 N–H and O–H groups in total. The maximum Gasteiger partial charge on any atom is 0.305 e. The maximum absolute atomic E-state index is 12.3. The number of carboxylic acids is 1. The molecule has 1 aliphatic rings. The van der Waals surface area contributed by atoms with E-state index in [4.69, 9.17) is 9.84 Å². The molecular weight excluding hydrogens is 298 g/mol. The Morgan fingerprint density at radius 1 is 1.35 bits per heavy atom. The lowest BCUT2D eigenvalue weighted by molar-refractivity contribution is -0.141. The van der Waals surface area contributed by atoms with Gasteiger partial charge in [0.25, 0.3) is 5.91 Å². The summed E-state index contributed by atoms with van der Waals surface area (Å²) in [6.45, 7) is 3.06. The Hall–Kier alpha value is -2.37. The fourth-order valence-electron chi connectivity index (χ4n) is 2.65. The SMILES string of the molecule is CC(=O)c1cccc(OC(C)C(=O)NC2(CC(=O)O)CCC2)c1. The first kappa shape index (κ1) is 17.0. The molecule has 1 amide bonds. The molecule has 1 atom stereocenters. The number of carbonyl (C=O) groups is 3. The van der Waals surface area contributed by atoms with E-state index in [9.17, 15) is 14.4 Å². The second kappa shape index (κ2) is 6.81. The third kappa shape index (κ3) is 4.31. The number of carboxylic acid groups (broad SMARTS) is 1. The Morgan fingerprint density at radius 2 is 2.04 bits per heavy atom. The summed E-state index contributed by atoms with van der Waals surface area (Å²) in [6.07, 6.45) is 1.38. The number of aliphatic carboxylic acids is 1. The van der Waals surface area contributed by atoms with Gasteiger partial charge in [-0.05, 0) is 45.2 Å². The summed E-state index contributed by atoms with van der Waals surface area (Å²) < 4.78 is 5.57. The predicted octanol–water partition coefficient (Wildman–Crippen LogP) is 2.17. The summed E-state index contributed by atoms with van der Waals surface area (Å²) in [4.78, 5) is 34.6. The van der Waals surface area contributed by atoms with Gasteiger partial charge >= 0.3 is 5.97 Å². The lowest BCUT2D eigenvalue weighted by Crippen LogP contribution is -2.57. The van der Waals surface area contributed by atoms with E-state index in [2.05, 4.69) is 5.32 Å². The Morgan fingerprint density at radius 3 is 2.57 bits per heavy atom. The number of hydrogen-bond donors (Lipinski definition) is 2. The van der Waals surface area contributed by atoms with E-state index in [1.54, 1.807) is 31.2 Å². The van der Waals surface area contributed by atoms with Crippen LogP contribution in [0.25, 0.3) is 0 Å². The van der Waals surface area contributed by atoms with Gasteiger partial charge in [0, 0.05) is 5.56 Å². The zero-order chi connectivity index (χ0) is 17.0. The Bertz CT molecular complexity index is 621. The molecule has 0 aromatic heterocycles. The highest BCUT2D eigenvalue weighted by Crippen LogP contribution is 2.35. The second-order valence-electron chi connectivity index (χ2n) is 6.04. The predicted molar refractivity (Wildman–Crippen MR) is 83.5 cm³/mol. The number of benzene rings is 1. The monoisotopic (exact) mass is 319 g/mol. The minimum absolute atomic E-state index is 0.0781. The van der Waals surface area contributed by atoms with Gasteiger partial charge in [-0.3, -0.25) is 14.4 Å². The third-order valence-corrected chi connectivity index (χ3v) is 4.11. The summed E-state index contributed by atoms with van der Waals surface area (Å²) in [6, 6.07) is 6.62. The Kier molecular flexibility index (Phi) is 5.03. The smallest absolute Gasteiger partial charge is 0.305 e. The molecule has 0 bridgehead atoms. The summed E-state index contributed by atoms with van der Waals surface area (Å²) in [5.74, 6) is -0.921. The number of nitrogens with one attached hydrogen (secondary N) is 1. The van der Waals surface area contributed by atoms with Crippen molar-refractivity contribution in [2.75, 3.05) is 0 Å². The first-order valence-electron chi connectivity index (χ1n) is 7.63. The van der Waals surface area contributed by atoms with Crippen molar-refractivity contribution in [3.63, 3.8) is 0 Å². The molecule has 23 heavy (non-hydrogen) atoms. The third-order valence-electron chi connectivity index (χ3n) is 4.11. The fraction of sp³-hybridized carbons (Fsp3) is 0.471. The van der Waals surface area contributed by atoms with E-state index in [-0.39, 0.29) is 18.1 Å². The first-order chi connectivity index (χ1) is 10.8. The number of Topliss-reactive ketones (excluding diaryl/α,β-unsaturated/α-hetero) is 1. The van der Waals surface area contributed by atoms with Gasteiger partial charge in [0.05, 0.1) is 12.0 Å². The van der Waals surface area contributed by atoms with Crippen molar-refractivity contribution in [1.82, 2.24) is 5.32 Å². The fourth-order valence-corrected chi connectivity index (χ4v) is 2.65. The van der Waals surface area contributed by atoms with E-state index in [0.29, 0.717) is 24.2 Å². The topological polar surface area (TPSA) is 92.7 Å². The van der Waals surface area contributed by atoms with Gasteiger partial charge in [-0.2, -0.15) is 0 Å². The van der Waals surface area contributed by atoms with Crippen LogP contribution < -0.4 is 10.1 Å². The molecular formula is C17H21NO5. The normalized spacial score (nSPS) is 16.8. The average Bonchev–Trinajstić information content (AvgIpc) is 2.44. The Balaban J connectivity index is 1.98. The van der Waals surface area contributed by atoms with Crippen LogP contribution >= 0.6 is 0 Å². The second-order valence-corrected chi connectivity index (χ2v) is 6.04. The number of amides is 1. The van der Waals surface area contributed by atoms with Crippen molar-refractivity contribution in [3.05, 3.63) is 29.8 Å². The van der Waals surface area contributed by atoms with E-state index < -0.39 is 17.6 Å². The van der Waals surface area contributed by atoms with E-state index in [1.807, 2.05) is 0 Å². The van der Waals surface area contributed by atoms with Crippen LogP contribution in [0.1, 0.15) is 49.9 Å². The molecule has 124 valence electrons. The highest BCUT2D eigenvalue weighted by Gasteiger charge is 2.41. The molecule has 1 saturated carbocycles. The molecule has 1 fully saturated rings. The van der Waals surface area contributed by atoms with Crippen LogP contribution in [0, 0.1) is 0 Å². The molecule has 1 unspecified atom stereocenters. The van der Waals surface area contributed by atoms with Crippen molar-refractivity contribution in [1.29, 1.82) is 0 Å². The number of carbonyl (C=O) groups excluding carboxylic acids is 2. The molecule has 1 aliphatic carbocycles. The van der Waals surface area contributed by atoms with E-state index >= 15 is 0 Å². The lowest BCUT2D eigenvalue weighted by Gasteiger charge is -2.42. The number of rotatable bonds is 7. The highest BCUT2D eigenvalue weighted by molar-refractivity contribution is 5.94. The molecule has 0 saturated heterocycles. The molecule has 0 heterocycles. The molecule has 1 aromatic rings. The van der Waals surface area contributed by atoms with E-state index in [0.717, 1.165) is 6.42 Å². The summed E-state index contributed by atoms with van der Waals surface area (Å²) in [5.41, 5.74) is -0.140. The highest BCUT2D eigenvalue weighted by atomic mass is 16.5. The van der Waals surface area contributed by atoms with Gasteiger partial charge in [-0.25, -0.2) is 0 Å². The zero-order valence-electron chi connectivity index (χ0n) is 13.3. The van der Waals surface area contributed by atoms with Crippen LogP contribution in [0.4, 0.5) is 0 Å². The first-order valence-corrected chi connectivity index (χ1v) is 7.63. The van der Waals surface area contributed by atoms with Crippen LogP contribution in [0.15, 0.2) is 24.3 Å². The quantitative estimate of drug-likeness (QED) is 0.751. The van der Waals surface area contributed by atoms with Crippen molar-refractivity contribution in [2.45, 2.75) is 51.2 Å².